The van der Waals surface area contributed by atoms with Gasteiger partial charge in [0, 0.05) is 31.9 Å². The van der Waals surface area contributed by atoms with Crippen molar-refractivity contribution in [3.8, 4) is 12.3 Å². The highest BCUT2D eigenvalue weighted by Crippen LogP contribution is 2.29. The van der Waals surface area contributed by atoms with E-state index in [1.54, 1.807) is 43.3 Å². The molecule has 30 heavy (non-hydrogen) atoms. The first kappa shape index (κ1) is 25.3. The molecule has 0 bridgehead atoms. The van der Waals surface area contributed by atoms with Crippen molar-refractivity contribution in [2.24, 2.45) is 4.99 Å². The molecule has 0 spiro atoms. The van der Waals surface area contributed by atoms with E-state index in [9.17, 15) is 18.0 Å². The molecule has 0 aliphatic carbocycles. The largest absolute Gasteiger partial charge is 0.416 e. The number of alkyl halides is 3. The Labute approximate surface area is 190 Å². The number of rotatable bonds is 5. The number of carbonyl (C=O) groups excluding carboxylic acids is 1. The lowest BCUT2D eigenvalue weighted by molar-refractivity contribution is -0.137. The van der Waals surface area contributed by atoms with Gasteiger partial charge in [-0.1, -0.05) is 24.1 Å². The van der Waals surface area contributed by atoms with Gasteiger partial charge in [-0.15, -0.1) is 30.4 Å². The van der Waals surface area contributed by atoms with Gasteiger partial charge in [0.25, 0.3) is 0 Å². The average Bonchev–Trinajstić information content (AvgIpc) is 2.68. The fraction of sp³-hybridized carbons (Fsp3) is 0.238. The van der Waals surface area contributed by atoms with Gasteiger partial charge in [0.1, 0.15) is 0 Å². The predicted octanol–water partition coefficient (Wildman–Crippen LogP) is 3.95. The van der Waals surface area contributed by atoms with E-state index in [0.717, 1.165) is 12.1 Å². The van der Waals surface area contributed by atoms with Gasteiger partial charge in [0.2, 0.25) is 5.91 Å². The molecule has 0 radical (unpaired) electrons. The molecule has 0 fully saturated rings. The summed E-state index contributed by atoms with van der Waals surface area (Å²) in [4.78, 5) is 17.9. The summed E-state index contributed by atoms with van der Waals surface area (Å²) in [6.45, 7) is 0.286. The Kier molecular flexibility index (Phi) is 9.65. The number of guanidine groups is 1. The molecule has 0 unspecified atom stereocenters. The minimum atomic E-state index is -4.37. The third-order valence-corrected chi connectivity index (χ3v) is 3.99. The molecule has 1 amide bonds. The van der Waals surface area contributed by atoms with E-state index in [0.29, 0.717) is 29.3 Å². The zero-order chi connectivity index (χ0) is 21.4. The van der Waals surface area contributed by atoms with E-state index in [1.165, 1.54) is 12.1 Å². The van der Waals surface area contributed by atoms with Crippen molar-refractivity contribution in [1.82, 2.24) is 10.2 Å². The highest BCUT2D eigenvalue weighted by molar-refractivity contribution is 14.0. The first-order valence-electron chi connectivity index (χ1n) is 8.67. The fourth-order valence-corrected chi connectivity index (χ4v) is 2.58. The van der Waals surface area contributed by atoms with Crippen LogP contribution in [-0.4, -0.2) is 37.4 Å². The van der Waals surface area contributed by atoms with E-state index in [1.807, 2.05) is 0 Å². The van der Waals surface area contributed by atoms with Crippen molar-refractivity contribution in [1.29, 1.82) is 0 Å². The molecule has 2 rings (SSSR count). The number of benzene rings is 2. The molecule has 0 saturated heterocycles. The van der Waals surface area contributed by atoms with Gasteiger partial charge in [0.15, 0.2) is 5.96 Å². The van der Waals surface area contributed by atoms with Crippen LogP contribution in [0.4, 0.5) is 18.9 Å². The zero-order valence-corrected chi connectivity index (χ0v) is 18.8. The number of amides is 1. The Hall–Kier alpha value is -2.74. The fourth-order valence-electron chi connectivity index (χ4n) is 2.58. The van der Waals surface area contributed by atoms with Crippen LogP contribution in [0.5, 0.6) is 0 Å². The molecule has 0 aliphatic rings. The van der Waals surface area contributed by atoms with E-state index < -0.39 is 11.7 Å². The van der Waals surface area contributed by atoms with Crippen LogP contribution < -0.4 is 10.6 Å². The van der Waals surface area contributed by atoms with Crippen molar-refractivity contribution in [3.05, 3.63) is 65.2 Å². The lowest BCUT2D eigenvalue weighted by Crippen LogP contribution is -2.42. The number of nitrogens with one attached hydrogen (secondary N) is 2. The molecular weight excluding hydrogens is 508 g/mol. The van der Waals surface area contributed by atoms with Gasteiger partial charge >= 0.3 is 6.18 Å². The van der Waals surface area contributed by atoms with Crippen LogP contribution in [0.15, 0.2) is 53.5 Å². The molecule has 0 heterocycles. The molecule has 0 aliphatic heterocycles. The highest BCUT2D eigenvalue weighted by atomic mass is 127. The Morgan fingerprint density at radius 1 is 1.20 bits per heavy atom. The van der Waals surface area contributed by atoms with E-state index in [-0.39, 0.29) is 36.4 Å². The number of aliphatic imine (C=N–C) groups is 1. The third-order valence-electron chi connectivity index (χ3n) is 3.99. The second-order valence-electron chi connectivity index (χ2n) is 6.22. The zero-order valence-electron chi connectivity index (χ0n) is 16.5. The number of hydrogen-bond acceptors (Lipinski definition) is 2. The van der Waals surface area contributed by atoms with Crippen molar-refractivity contribution in [2.45, 2.75) is 12.7 Å². The average molecular weight is 530 g/mol. The predicted molar refractivity (Wildman–Crippen MR) is 123 cm³/mol. The van der Waals surface area contributed by atoms with Crippen molar-refractivity contribution in [3.63, 3.8) is 0 Å². The minimum absolute atomic E-state index is 0. The summed E-state index contributed by atoms with van der Waals surface area (Å²) in [6.07, 6.45) is 0.974. The molecular formula is C21H22F3IN4O. The van der Waals surface area contributed by atoms with Crippen LogP contribution in [0, 0.1) is 12.3 Å². The van der Waals surface area contributed by atoms with E-state index in [2.05, 4.69) is 21.5 Å². The highest BCUT2D eigenvalue weighted by Gasteiger charge is 2.29. The second-order valence-corrected chi connectivity index (χ2v) is 6.22. The Morgan fingerprint density at radius 3 is 2.43 bits per heavy atom. The monoisotopic (exact) mass is 530 g/mol. The first-order chi connectivity index (χ1) is 13.7. The lowest BCUT2D eigenvalue weighted by atomic mass is 10.1. The maximum Gasteiger partial charge on any atom is 0.416 e. The Balaban J connectivity index is 0.00000450. The maximum absolute atomic E-state index is 12.7. The molecule has 2 aromatic carbocycles. The number of terminal acetylenes is 1. The van der Waals surface area contributed by atoms with Crippen molar-refractivity contribution in [2.75, 3.05) is 26.0 Å². The number of carbonyl (C=O) groups is 1. The summed E-state index contributed by atoms with van der Waals surface area (Å²) in [7, 11) is 3.28. The summed E-state index contributed by atoms with van der Waals surface area (Å²) in [6, 6.07) is 11.8. The van der Waals surface area contributed by atoms with Crippen LogP contribution in [0.25, 0.3) is 0 Å². The summed E-state index contributed by atoms with van der Waals surface area (Å²) >= 11 is 0. The first-order valence-corrected chi connectivity index (χ1v) is 8.67. The standard InChI is InChI=1S/C21H21F3N4O.HI/c1-4-15-6-5-7-18(12-15)27-19(29)13-26-20(25-2)28(3)14-16-8-10-17(11-9-16)21(22,23)24;/h1,5-12H,13-14H2,2-3H3,(H,25,26)(H,27,29);1H. The normalized spacial score (nSPS) is 11.1. The van der Waals surface area contributed by atoms with Crippen LogP contribution in [0.3, 0.4) is 0 Å². The smallest absolute Gasteiger partial charge is 0.347 e. The molecule has 0 atom stereocenters. The topological polar surface area (TPSA) is 56.7 Å². The summed E-state index contributed by atoms with van der Waals surface area (Å²) in [5, 5.41) is 5.65. The van der Waals surface area contributed by atoms with E-state index >= 15 is 0 Å². The maximum atomic E-state index is 12.7. The molecule has 9 heteroatoms. The Morgan fingerprint density at radius 2 is 1.87 bits per heavy atom. The summed E-state index contributed by atoms with van der Waals surface area (Å²) < 4.78 is 38.0. The van der Waals surface area contributed by atoms with Gasteiger partial charge < -0.3 is 15.5 Å². The van der Waals surface area contributed by atoms with Crippen molar-refractivity contribution >= 4 is 41.5 Å². The van der Waals surface area contributed by atoms with Gasteiger partial charge in [-0.3, -0.25) is 9.79 Å². The van der Waals surface area contributed by atoms with Gasteiger partial charge in [-0.05, 0) is 35.9 Å². The van der Waals surface area contributed by atoms with Crippen LogP contribution >= 0.6 is 24.0 Å². The van der Waals surface area contributed by atoms with Gasteiger partial charge in [0.05, 0.1) is 12.1 Å². The molecule has 2 N–H and O–H groups in total. The number of nitrogens with zero attached hydrogens (tertiary/aromatic N) is 2. The number of hydrogen-bond donors (Lipinski definition) is 2. The van der Waals surface area contributed by atoms with E-state index in [4.69, 9.17) is 6.42 Å². The molecule has 160 valence electrons. The SMILES string of the molecule is C#Cc1cccc(NC(=O)CNC(=NC)N(C)Cc2ccc(C(F)(F)F)cc2)c1.I. The molecule has 2 aromatic rings. The van der Waals surface area contributed by atoms with Crippen LogP contribution in [0.2, 0.25) is 0 Å². The molecule has 0 aromatic heterocycles. The number of halogens is 4. The van der Waals surface area contributed by atoms with Crippen LogP contribution in [-0.2, 0) is 17.5 Å². The molecule has 5 nitrogen and oxygen atoms in total. The van der Waals surface area contributed by atoms with Crippen molar-refractivity contribution < 1.29 is 18.0 Å². The third kappa shape index (κ3) is 7.59. The van der Waals surface area contributed by atoms with Crippen LogP contribution in [0.1, 0.15) is 16.7 Å². The minimum Gasteiger partial charge on any atom is -0.347 e. The van der Waals surface area contributed by atoms with Gasteiger partial charge in [-0.25, -0.2) is 0 Å². The lowest BCUT2D eigenvalue weighted by Gasteiger charge is -2.22. The quantitative estimate of drug-likeness (QED) is 0.267. The molecule has 0 saturated carbocycles. The second kappa shape index (κ2) is 11.4. The van der Waals surface area contributed by atoms with Gasteiger partial charge in [-0.2, -0.15) is 13.2 Å². The number of anilines is 1. The summed E-state index contributed by atoms with van der Waals surface area (Å²) in [5.74, 6) is 2.63. The summed E-state index contributed by atoms with van der Waals surface area (Å²) in [5.41, 5.74) is 1.22. The Bertz CT molecular complexity index is 921.